The number of halogens is 1. The molecule has 6 nitrogen and oxygen atoms in total. The Labute approximate surface area is 130 Å². The molecule has 21 heavy (non-hydrogen) atoms. The molecule has 0 aromatic heterocycles. The molecule has 0 aliphatic carbocycles. The minimum Gasteiger partial charge on any atom is -0.483 e. The normalized spacial score (nSPS) is 17.3. The van der Waals surface area contributed by atoms with E-state index in [1.54, 1.807) is 12.1 Å². The van der Waals surface area contributed by atoms with Crippen LogP contribution in [0.4, 0.5) is 0 Å². The maximum absolute atomic E-state index is 12.0. The lowest BCUT2D eigenvalue weighted by Crippen LogP contribution is -2.51. The molecule has 2 rings (SSSR count). The second kappa shape index (κ2) is 6.44. The highest BCUT2D eigenvalue weighted by Gasteiger charge is 2.40. The first-order valence-corrected chi connectivity index (χ1v) is 7.32. The Morgan fingerprint density at radius 1 is 1.29 bits per heavy atom. The largest absolute Gasteiger partial charge is 0.483 e. The van der Waals surface area contributed by atoms with E-state index in [1.807, 2.05) is 12.1 Å². The van der Waals surface area contributed by atoms with Crippen molar-refractivity contribution < 1.29 is 24.5 Å². The van der Waals surface area contributed by atoms with E-state index >= 15 is 0 Å². The molecule has 1 saturated heterocycles. The third kappa shape index (κ3) is 3.74. The number of carboxylic acids is 1. The number of para-hydroxylation sites is 1. The van der Waals surface area contributed by atoms with Crippen LogP contribution in [0.2, 0.25) is 0 Å². The number of piperidine rings is 1. The van der Waals surface area contributed by atoms with E-state index in [1.165, 1.54) is 4.90 Å². The summed E-state index contributed by atoms with van der Waals surface area (Å²) < 4.78 is 6.20. The van der Waals surface area contributed by atoms with Crippen LogP contribution in [0.15, 0.2) is 28.7 Å². The summed E-state index contributed by atoms with van der Waals surface area (Å²) >= 11 is 3.33. The van der Waals surface area contributed by atoms with Crippen LogP contribution in [0.5, 0.6) is 5.75 Å². The van der Waals surface area contributed by atoms with Gasteiger partial charge in [-0.15, -0.1) is 0 Å². The zero-order valence-electron chi connectivity index (χ0n) is 11.3. The van der Waals surface area contributed by atoms with Crippen molar-refractivity contribution in [2.45, 2.75) is 18.4 Å². The van der Waals surface area contributed by atoms with Crippen molar-refractivity contribution in [3.63, 3.8) is 0 Å². The number of aliphatic hydroxyl groups is 1. The smallest absolute Gasteiger partial charge is 0.335 e. The molecule has 7 heteroatoms. The zero-order valence-corrected chi connectivity index (χ0v) is 12.9. The van der Waals surface area contributed by atoms with Crippen molar-refractivity contribution >= 4 is 27.8 Å². The van der Waals surface area contributed by atoms with Gasteiger partial charge in [-0.25, -0.2) is 4.79 Å². The fourth-order valence-corrected chi connectivity index (χ4v) is 2.53. The molecule has 0 bridgehead atoms. The van der Waals surface area contributed by atoms with Gasteiger partial charge in [0.25, 0.3) is 5.91 Å². The van der Waals surface area contributed by atoms with Crippen molar-refractivity contribution in [1.29, 1.82) is 0 Å². The zero-order chi connectivity index (χ0) is 15.5. The Bertz CT molecular complexity index is 540. The van der Waals surface area contributed by atoms with E-state index in [4.69, 9.17) is 9.84 Å². The van der Waals surface area contributed by atoms with Crippen LogP contribution in [-0.4, -0.2) is 52.3 Å². The van der Waals surface area contributed by atoms with Gasteiger partial charge in [-0.05, 0) is 28.1 Å². The van der Waals surface area contributed by atoms with Gasteiger partial charge in [0.15, 0.2) is 12.2 Å². The topological polar surface area (TPSA) is 87.1 Å². The molecule has 0 atom stereocenters. The maximum Gasteiger partial charge on any atom is 0.335 e. The molecular weight excluding hydrogens is 342 g/mol. The molecule has 1 heterocycles. The highest BCUT2D eigenvalue weighted by molar-refractivity contribution is 9.10. The molecule has 1 amide bonds. The van der Waals surface area contributed by atoms with E-state index in [9.17, 15) is 14.7 Å². The van der Waals surface area contributed by atoms with Crippen LogP contribution in [-0.2, 0) is 9.59 Å². The summed E-state index contributed by atoms with van der Waals surface area (Å²) in [6.07, 6.45) is 0.0617. The number of ether oxygens (including phenoxy) is 1. The molecule has 0 saturated carbocycles. The highest BCUT2D eigenvalue weighted by Crippen LogP contribution is 2.25. The number of hydrogen-bond donors (Lipinski definition) is 2. The van der Waals surface area contributed by atoms with Crippen LogP contribution in [0.3, 0.4) is 0 Å². The van der Waals surface area contributed by atoms with E-state index in [2.05, 4.69) is 15.9 Å². The molecule has 1 fully saturated rings. The standard InChI is InChI=1S/C14H16BrNO5/c15-10-3-1-2-4-11(10)21-9-12(17)16-7-5-14(20,6-8-16)13(18)19/h1-4,20H,5-9H2,(H,18,19). The molecule has 0 spiro atoms. The quantitative estimate of drug-likeness (QED) is 0.847. The molecule has 114 valence electrons. The van der Waals surface area contributed by atoms with Gasteiger partial charge in [0.2, 0.25) is 0 Å². The number of benzene rings is 1. The first-order chi connectivity index (χ1) is 9.92. The number of aliphatic carboxylic acids is 1. The van der Waals surface area contributed by atoms with Crippen molar-refractivity contribution in [2.24, 2.45) is 0 Å². The molecule has 1 aliphatic rings. The Morgan fingerprint density at radius 3 is 2.48 bits per heavy atom. The number of carbonyl (C=O) groups excluding carboxylic acids is 1. The molecule has 1 aromatic carbocycles. The van der Waals surface area contributed by atoms with Gasteiger partial charge >= 0.3 is 5.97 Å². The third-order valence-electron chi connectivity index (χ3n) is 3.53. The molecular formula is C14H16BrNO5. The Balaban J connectivity index is 1.86. The SMILES string of the molecule is O=C(COc1ccccc1Br)N1CCC(O)(C(=O)O)CC1. The Morgan fingerprint density at radius 2 is 1.90 bits per heavy atom. The predicted molar refractivity (Wildman–Crippen MR) is 78.0 cm³/mol. The second-order valence-electron chi connectivity index (χ2n) is 4.94. The fourth-order valence-electron chi connectivity index (χ4n) is 2.13. The van der Waals surface area contributed by atoms with Gasteiger partial charge in [-0.3, -0.25) is 4.79 Å². The first-order valence-electron chi connectivity index (χ1n) is 6.53. The summed E-state index contributed by atoms with van der Waals surface area (Å²) in [7, 11) is 0. The fraction of sp³-hybridized carbons (Fsp3) is 0.429. The van der Waals surface area contributed by atoms with Gasteiger partial charge in [0.05, 0.1) is 4.47 Å². The summed E-state index contributed by atoms with van der Waals surface area (Å²) in [5.41, 5.74) is -1.72. The van der Waals surface area contributed by atoms with E-state index in [0.717, 1.165) is 4.47 Å². The predicted octanol–water partition coefficient (Wildman–Crippen LogP) is 1.27. The molecule has 2 N–H and O–H groups in total. The van der Waals surface area contributed by atoms with Gasteiger partial charge < -0.3 is 19.8 Å². The van der Waals surface area contributed by atoms with E-state index < -0.39 is 11.6 Å². The van der Waals surface area contributed by atoms with Crippen molar-refractivity contribution in [3.05, 3.63) is 28.7 Å². The van der Waals surface area contributed by atoms with E-state index in [0.29, 0.717) is 5.75 Å². The van der Waals surface area contributed by atoms with Crippen LogP contribution in [0.25, 0.3) is 0 Å². The number of hydrogen-bond acceptors (Lipinski definition) is 4. The number of likely N-dealkylation sites (tertiary alicyclic amines) is 1. The van der Waals surface area contributed by atoms with Crippen LogP contribution in [0.1, 0.15) is 12.8 Å². The Hall–Kier alpha value is -1.60. The monoisotopic (exact) mass is 357 g/mol. The minimum absolute atomic E-state index is 0.0309. The average molecular weight is 358 g/mol. The highest BCUT2D eigenvalue weighted by atomic mass is 79.9. The lowest BCUT2D eigenvalue weighted by molar-refractivity contribution is -0.165. The van der Waals surface area contributed by atoms with Crippen molar-refractivity contribution in [1.82, 2.24) is 4.90 Å². The lowest BCUT2D eigenvalue weighted by atomic mass is 9.92. The lowest BCUT2D eigenvalue weighted by Gasteiger charge is -2.35. The average Bonchev–Trinajstić information content (AvgIpc) is 2.46. The van der Waals surface area contributed by atoms with Gasteiger partial charge in [0, 0.05) is 25.9 Å². The van der Waals surface area contributed by atoms with Crippen molar-refractivity contribution in [3.8, 4) is 5.75 Å². The molecule has 0 unspecified atom stereocenters. The first kappa shape index (κ1) is 15.8. The van der Waals surface area contributed by atoms with E-state index in [-0.39, 0.29) is 38.4 Å². The van der Waals surface area contributed by atoms with Gasteiger partial charge in [0.1, 0.15) is 5.75 Å². The number of carbonyl (C=O) groups is 2. The summed E-state index contributed by atoms with van der Waals surface area (Å²) in [6, 6.07) is 7.21. The third-order valence-corrected chi connectivity index (χ3v) is 4.18. The maximum atomic E-state index is 12.0. The number of nitrogens with zero attached hydrogens (tertiary/aromatic N) is 1. The van der Waals surface area contributed by atoms with Gasteiger partial charge in [-0.1, -0.05) is 12.1 Å². The number of carboxylic acid groups (broad SMARTS) is 1. The molecule has 1 aliphatic heterocycles. The van der Waals surface area contributed by atoms with Crippen LogP contribution >= 0.6 is 15.9 Å². The summed E-state index contributed by atoms with van der Waals surface area (Å²) in [6.45, 7) is 0.302. The summed E-state index contributed by atoms with van der Waals surface area (Å²) in [5.74, 6) is -0.887. The summed E-state index contributed by atoms with van der Waals surface area (Å²) in [4.78, 5) is 24.4. The number of amides is 1. The second-order valence-corrected chi connectivity index (χ2v) is 5.79. The van der Waals surface area contributed by atoms with Crippen LogP contribution in [0, 0.1) is 0 Å². The Kier molecular flexibility index (Phi) is 4.84. The van der Waals surface area contributed by atoms with Crippen molar-refractivity contribution in [2.75, 3.05) is 19.7 Å². The van der Waals surface area contributed by atoms with Crippen LogP contribution < -0.4 is 4.74 Å². The molecule has 0 radical (unpaired) electrons. The van der Waals surface area contributed by atoms with Gasteiger partial charge in [-0.2, -0.15) is 0 Å². The summed E-state index contributed by atoms with van der Waals surface area (Å²) in [5, 5.41) is 18.7. The molecule has 1 aromatic rings. The number of rotatable bonds is 4. The minimum atomic E-state index is -1.72.